The van der Waals surface area contributed by atoms with Gasteiger partial charge in [0.2, 0.25) is 0 Å². The minimum atomic E-state index is -0.416. The maximum atomic E-state index is 11.3. The second-order valence-electron chi connectivity index (χ2n) is 5.49. The summed E-state index contributed by atoms with van der Waals surface area (Å²) in [5, 5.41) is 1.23. The number of aromatic nitrogens is 1. The second kappa shape index (κ2) is 4.82. The van der Waals surface area contributed by atoms with Crippen LogP contribution in [0.2, 0.25) is 0 Å². The quantitative estimate of drug-likeness (QED) is 0.889. The molecule has 0 saturated carbocycles. The average Bonchev–Trinajstić information content (AvgIpc) is 2.77. The van der Waals surface area contributed by atoms with Crippen LogP contribution in [0.1, 0.15) is 34.7 Å². The van der Waals surface area contributed by atoms with E-state index in [0.29, 0.717) is 6.42 Å². The van der Waals surface area contributed by atoms with Crippen LogP contribution in [0.3, 0.4) is 0 Å². The summed E-state index contributed by atoms with van der Waals surface area (Å²) < 4.78 is 0. The van der Waals surface area contributed by atoms with E-state index in [4.69, 9.17) is 5.73 Å². The van der Waals surface area contributed by atoms with Crippen LogP contribution in [-0.2, 0) is 11.2 Å². The first kappa shape index (κ1) is 13.8. The lowest BCUT2D eigenvalue weighted by Crippen LogP contribution is -2.30. The van der Waals surface area contributed by atoms with Crippen LogP contribution in [0.5, 0.6) is 0 Å². The molecule has 0 spiro atoms. The second-order valence-corrected chi connectivity index (χ2v) is 5.49. The van der Waals surface area contributed by atoms with E-state index < -0.39 is 6.04 Å². The average molecular weight is 258 g/mol. The molecule has 2 rings (SSSR count). The molecular formula is C16H22N2O. The highest BCUT2D eigenvalue weighted by atomic mass is 16.1. The molecule has 0 bridgehead atoms. The van der Waals surface area contributed by atoms with Crippen molar-refractivity contribution in [1.29, 1.82) is 0 Å². The number of H-pyrrole nitrogens is 1. The maximum absolute atomic E-state index is 11.3. The third-order valence-electron chi connectivity index (χ3n) is 4.36. The molecule has 3 nitrogen and oxygen atoms in total. The highest BCUT2D eigenvalue weighted by molar-refractivity contribution is 5.92. The highest BCUT2D eigenvalue weighted by Crippen LogP contribution is 2.31. The van der Waals surface area contributed by atoms with Crippen molar-refractivity contribution in [2.24, 2.45) is 5.73 Å². The Morgan fingerprint density at radius 3 is 2.32 bits per heavy atom. The molecule has 2 aromatic rings. The predicted molar refractivity (Wildman–Crippen MR) is 79.6 cm³/mol. The van der Waals surface area contributed by atoms with Crippen molar-refractivity contribution in [2.45, 2.75) is 47.1 Å². The number of benzene rings is 1. The van der Waals surface area contributed by atoms with Crippen LogP contribution in [0.15, 0.2) is 6.20 Å². The Kier molecular flexibility index (Phi) is 3.50. The number of nitrogens with two attached hydrogens (primary N) is 1. The molecule has 0 saturated heterocycles. The Hall–Kier alpha value is -1.61. The molecule has 3 N–H and O–H groups in total. The summed E-state index contributed by atoms with van der Waals surface area (Å²) >= 11 is 0. The van der Waals surface area contributed by atoms with Gasteiger partial charge in [0.1, 0.15) is 5.78 Å². The molecule has 0 fully saturated rings. The summed E-state index contributed by atoms with van der Waals surface area (Å²) in [7, 11) is 0. The van der Waals surface area contributed by atoms with Crippen LogP contribution in [0.25, 0.3) is 10.9 Å². The summed E-state index contributed by atoms with van der Waals surface area (Å²) in [6, 6.07) is -0.416. The van der Waals surface area contributed by atoms with E-state index in [1.165, 1.54) is 33.2 Å². The third-order valence-corrected chi connectivity index (χ3v) is 4.36. The van der Waals surface area contributed by atoms with Crippen LogP contribution in [0, 0.1) is 27.7 Å². The minimum Gasteiger partial charge on any atom is -0.361 e. The van der Waals surface area contributed by atoms with Gasteiger partial charge in [0, 0.05) is 17.1 Å². The summed E-state index contributed by atoms with van der Waals surface area (Å²) in [5.74, 6) is 0.0348. The SMILES string of the molecule is CC(=O)[C@@H](N)Cc1c[nH]c2c(C)c(C)c(C)c(C)c12. The van der Waals surface area contributed by atoms with E-state index in [0.717, 1.165) is 5.56 Å². The van der Waals surface area contributed by atoms with Gasteiger partial charge in [-0.1, -0.05) is 0 Å². The maximum Gasteiger partial charge on any atom is 0.146 e. The van der Waals surface area contributed by atoms with E-state index in [-0.39, 0.29) is 5.78 Å². The van der Waals surface area contributed by atoms with Gasteiger partial charge in [0.05, 0.1) is 6.04 Å². The van der Waals surface area contributed by atoms with Crippen LogP contribution in [0.4, 0.5) is 0 Å². The predicted octanol–water partition coefficient (Wildman–Crippen LogP) is 2.86. The van der Waals surface area contributed by atoms with Crippen LogP contribution in [-0.4, -0.2) is 16.8 Å². The number of rotatable bonds is 3. The fraction of sp³-hybridized carbons (Fsp3) is 0.438. The molecule has 0 aliphatic heterocycles. The first-order chi connectivity index (χ1) is 8.84. The summed E-state index contributed by atoms with van der Waals surface area (Å²) in [4.78, 5) is 14.7. The van der Waals surface area contributed by atoms with Crippen molar-refractivity contribution in [2.75, 3.05) is 0 Å². The van der Waals surface area contributed by atoms with Gasteiger partial charge < -0.3 is 10.7 Å². The Bertz CT molecular complexity index is 653. The minimum absolute atomic E-state index is 0.0348. The van der Waals surface area contributed by atoms with Gasteiger partial charge in [-0.05, 0) is 68.9 Å². The van der Waals surface area contributed by atoms with Crippen molar-refractivity contribution < 1.29 is 4.79 Å². The van der Waals surface area contributed by atoms with E-state index in [1.54, 1.807) is 6.92 Å². The monoisotopic (exact) mass is 258 g/mol. The Balaban J connectivity index is 2.63. The fourth-order valence-electron chi connectivity index (χ4n) is 2.67. The molecule has 0 unspecified atom stereocenters. The number of nitrogens with one attached hydrogen (secondary N) is 1. The number of hydrogen-bond donors (Lipinski definition) is 2. The topological polar surface area (TPSA) is 58.9 Å². The Morgan fingerprint density at radius 2 is 1.74 bits per heavy atom. The molecule has 1 heterocycles. The fourth-order valence-corrected chi connectivity index (χ4v) is 2.67. The number of hydrogen-bond acceptors (Lipinski definition) is 2. The van der Waals surface area contributed by atoms with Crippen molar-refractivity contribution in [3.8, 4) is 0 Å². The van der Waals surface area contributed by atoms with Gasteiger partial charge in [0.25, 0.3) is 0 Å². The Labute approximate surface area is 114 Å². The van der Waals surface area contributed by atoms with Gasteiger partial charge in [0.15, 0.2) is 0 Å². The number of aromatic amines is 1. The summed E-state index contributed by atoms with van der Waals surface area (Å²) in [6.07, 6.45) is 2.59. The van der Waals surface area contributed by atoms with Crippen molar-refractivity contribution in [1.82, 2.24) is 4.98 Å². The van der Waals surface area contributed by atoms with E-state index in [1.807, 2.05) is 6.20 Å². The number of carbonyl (C=O) groups excluding carboxylic acids is 1. The van der Waals surface area contributed by atoms with E-state index in [9.17, 15) is 4.79 Å². The molecule has 0 aliphatic carbocycles. The van der Waals surface area contributed by atoms with Gasteiger partial charge in [-0.15, -0.1) is 0 Å². The number of fused-ring (bicyclic) bond motifs is 1. The zero-order valence-corrected chi connectivity index (χ0v) is 12.3. The molecule has 102 valence electrons. The molecule has 1 aromatic carbocycles. The van der Waals surface area contributed by atoms with Crippen molar-refractivity contribution >= 4 is 16.7 Å². The van der Waals surface area contributed by atoms with Gasteiger partial charge >= 0.3 is 0 Å². The number of ketones is 1. The molecular weight excluding hydrogens is 236 g/mol. The van der Waals surface area contributed by atoms with Crippen LogP contribution >= 0.6 is 0 Å². The van der Waals surface area contributed by atoms with Gasteiger partial charge in [-0.2, -0.15) is 0 Å². The molecule has 19 heavy (non-hydrogen) atoms. The Morgan fingerprint density at radius 1 is 1.16 bits per heavy atom. The lowest BCUT2D eigenvalue weighted by Gasteiger charge is -2.13. The highest BCUT2D eigenvalue weighted by Gasteiger charge is 2.17. The standard InChI is InChI=1S/C16H22N2O/c1-8-9(2)11(4)16-15(10(8)3)13(7-18-16)6-14(17)12(5)19/h7,14,18H,6,17H2,1-5H3/t14-/m0/s1. The lowest BCUT2D eigenvalue weighted by atomic mass is 9.92. The number of carbonyl (C=O) groups is 1. The van der Waals surface area contributed by atoms with Gasteiger partial charge in [-0.3, -0.25) is 4.79 Å². The van der Waals surface area contributed by atoms with E-state index >= 15 is 0 Å². The number of Topliss-reactive ketones (excluding diaryl/α,β-unsaturated/α-hetero) is 1. The first-order valence-electron chi connectivity index (χ1n) is 6.67. The molecule has 0 aliphatic rings. The normalized spacial score (nSPS) is 12.9. The summed E-state index contributed by atoms with van der Waals surface area (Å²) in [5.41, 5.74) is 13.4. The van der Waals surface area contributed by atoms with Crippen molar-refractivity contribution in [3.05, 3.63) is 34.0 Å². The van der Waals surface area contributed by atoms with E-state index in [2.05, 4.69) is 32.7 Å². The lowest BCUT2D eigenvalue weighted by molar-refractivity contribution is -0.118. The molecule has 1 aromatic heterocycles. The smallest absolute Gasteiger partial charge is 0.146 e. The largest absolute Gasteiger partial charge is 0.361 e. The first-order valence-corrected chi connectivity index (χ1v) is 6.67. The van der Waals surface area contributed by atoms with Crippen LogP contribution < -0.4 is 5.73 Å². The molecule has 0 radical (unpaired) electrons. The van der Waals surface area contributed by atoms with Gasteiger partial charge in [-0.25, -0.2) is 0 Å². The zero-order chi connectivity index (χ0) is 14.3. The molecule has 0 amide bonds. The third kappa shape index (κ3) is 2.19. The number of aryl methyl sites for hydroxylation is 2. The zero-order valence-electron chi connectivity index (χ0n) is 12.3. The van der Waals surface area contributed by atoms with Crippen molar-refractivity contribution in [3.63, 3.8) is 0 Å². The molecule has 3 heteroatoms. The summed E-state index contributed by atoms with van der Waals surface area (Å²) in [6.45, 7) is 10.1. The molecule has 1 atom stereocenters.